The fourth-order valence-electron chi connectivity index (χ4n) is 9.33. The van der Waals surface area contributed by atoms with Gasteiger partial charge in [0.25, 0.3) is 5.54 Å². The molecule has 5 nitrogen and oxygen atoms in total. The first-order valence-corrected chi connectivity index (χ1v) is 15.8. The normalized spacial score (nSPS) is 19.6. The Morgan fingerprint density at radius 3 is 2.36 bits per heavy atom. The maximum absolute atomic E-state index is 2.63. The molecule has 1 spiro atoms. The van der Waals surface area contributed by atoms with Crippen LogP contribution in [0.4, 0.5) is 5.69 Å². The molecule has 4 aliphatic rings. The molecule has 5 heteroatoms. The highest BCUT2D eigenvalue weighted by Crippen LogP contribution is 2.61. The molecule has 0 radical (unpaired) electrons. The molecule has 6 heterocycles. The summed E-state index contributed by atoms with van der Waals surface area (Å²) in [4.78, 5) is 4.93. The Hall–Kier alpha value is -5.55. The maximum Gasteiger partial charge on any atom is 0.289 e. The van der Waals surface area contributed by atoms with E-state index in [1.54, 1.807) is 0 Å². The van der Waals surface area contributed by atoms with Crippen LogP contribution in [0.1, 0.15) is 22.4 Å². The molecule has 4 aliphatic heterocycles. The lowest BCUT2D eigenvalue weighted by molar-refractivity contribution is -0.807. The van der Waals surface area contributed by atoms with Crippen molar-refractivity contribution in [3.05, 3.63) is 144 Å². The monoisotopic (exact) mass is 580 g/mol. The first kappa shape index (κ1) is 23.9. The van der Waals surface area contributed by atoms with Crippen molar-refractivity contribution in [3.8, 4) is 33.6 Å². The Bertz CT molecular complexity index is 2500. The van der Waals surface area contributed by atoms with E-state index in [1.165, 1.54) is 83.5 Å². The first-order valence-electron chi connectivity index (χ1n) is 15.8. The van der Waals surface area contributed by atoms with Gasteiger partial charge in [-0.2, -0.15) is 0 Å². The second-order valence-electron chi connectivity index (χ2n) is 13.1. The summed E-state index contributed by atoms with van der Waals surface area (Å²) in [6.45, 7) is 4.58. The van der Waals surface area contributed by atoms with E-state index in [9.17, 15) is 0 Å². The van der Waals surface area contributed by atoms with Crippen LogP contribution in [-0.2, 0) is 5.54 Å². The molecule has 0 saturated carbocycles. The molecule has 45 heavy (non-hydrogen) atoms. The molecule has 0 N–H and O–H groups in total. The van der Waals surface area contributed by atoms with Gasteiger partial charge in [0.05, 0.1) is 45.3 Å². The quantitative estimate of drug-likeness (QED) is 0.195. The minimum Gasteiger partial charge on any atom is -0.352 e. The molecule has 214 valence electrons. The average molecular weight is 581 g/mol. The van der Waals surface area contributed by atoms with E-state index in [2.05, 4.69) is 166 Å². The van der Waals surface area contributed by atoms with Crippen LogP contribution in [-0.4, -0.2) is 27.4 Å². The number of aryl methyl sites for hydroxylation is 1. The molecule has 2 atom stereocenters. The molecule has 0 saturated heterocycles. The molecule has 11 rings (SSSR count). The number of hydrogen-bond acceptors (Lipinski definition) is 2. The predicted octanol–water partition coefficient (Wildman–Crippen LogP) is 7.79. The molecular formula is C40H30N5+. The van der Waals surface area contributed by atoms with Crippen molar-refractivity contribution in [3.63, 3.8) is 0 Å². The van der Waals surface area contributed by atoms with Gasteiger partial charge in [-0.3, -0.25) is 0 Å². The van der Waals surface area contributed by atoms with E-state index >= 15 is 0 Å². The number of likely N-dealkylation sites (N-methyl/N-ethyl adjacent to an activating group) is 1. The number of aromatic nitrogens is 3. The van der Waals surface area contributed by atoms with Crippen molar-refractivity contribution in [1.82, 2.24) is 14.1 Å². The summed E-state index contributed by atoms with van der Waals surface area (Å²) >= 11 is 0. The van der Waals surface area contributed by atoms with Crippen molar-refractivity contribution >= 4 is 27.5 Å². The maximum atomic E-state index is 2.63. The Kier molecular flexibility index (Phi) is 4.10. The Labute approximate surface area is 261 Å². The van der Waals surface area contributed by atoms with Crippen LogP contribution in [0, 0.1) is 13.8 Å². The largest absolute Gasteiger partial charge is 0.352 e. The van der Waals surface area contributed by atoms with Crippen molar-refractivity contribution in [2.75, 3.05) is 11.9 Å². The summed E-state index contributed by atoms with van der Waals surface area (Å²) in [5, 5.41) is 2.63. The van der Waals surface area contributed by atoms with Crippen LogP contribution in [0.5, 0.6) is 0 Å². The third-order valence-corrected chi connectivity index (χ3v) is 11.0. The van der Waals surface area contributed by atoms with E-state index in [4.69, 9.17) is 0 Å². The van der Waals surface area contributed by atoms with Gasteiger partial charge < -0.3 is 14.4 Å². The van der Waals surface area contributed by atoms with Crippen LogP contribution in [0.15, 0.2) is 122 Å². The van der Waals surface area contributed by atoms with Crippen LogP contribution in [0.3, 0.4) is 0 Å². The van der Waals surface area contributed by atoms with Gasteiger partial charge in [-0.25, -0.2) is 0 Å². The van der Waals surface area contributed by atoms with E-state index in [-0.39, 0.29) is 6.17 Å². The lowest BCUT2D eigenvalue weighted by atomic mass is 9.77. The number of anilines is 1. The smallest absolute Gasteiger partial charge is 0.289 e. The Morgan fingerprint density at radius 2 is 1.49 bits per heavy atom. The van der Waals surface area contributed by atoms with Crippen LogP contribution in [0.25, 0.3) is 55.4 Å². The van der Waals surface area contributed by atoms with Crippen molar-refractivity contribution in [1.29, 1.82) is 0 Å². The summed E-state index contributed by atoms with van der Waals surface area (Å²) in [7, 11) is 2.24. The second-order valence-corrected chi connectivity index (χ2v) is 13.1. The molecule has 0 aliphatic carbocycles. The standard InChI is InChI=1S/C40H30N5/c1-24-22-27(26-10-5-4-6-11-26)16-17-28(24)31-23-43-34-14-9-15-35-36(34)40(45(43)25(31)2)37-33(42-21-20-41(3)39(40)42)19-18-30-29-12-7-8-13-32(29)44(35)38(30)37/h4-23,39H,1-3H3/q+1. The third-order valence-electron chi connectivity index (χ3n) is 11.0. The van der Waals surface area contributed by atoms with Crippen molar-refractivity contribution in [2.24, 2.45) is 0 Å². The number of benzene rings is 5. The highest BCUT2D eigenvalue weighted by atomic mass is 15.5. The molecular weight excluding hydrogens is 550 g/mol. The van der Waals surface area contributed by atoms with Crippen molar-refractivity contribution < 1.29 is 4.68 Å². The summed E-state index contributed by atoms with van der Waals surface area (Å²) in [5.74, 6) is 0. The van der Waals surface area contributed by atoms with Crippen LogP contribution in [0.2, 0.25) is 0 Å². The van der Waals surface area contributed by atoms with Gasteiger partial charge >= 0.3 is 0 Å². The summed E-state index contributed by atoms with van der Waals surface area (Å²) < 4.78 is 7.64. The SMILES string of the molecule is Cc1cc(-c2ccccc2)ccc1-c1cn2[n+](c1C)C13c4c(cccc4-2)-n2c4ccccc4c4ccc(c1c42)N1C=CN(C)C13. The summed E-state index contributed by atoms with van der Waals surface area (Å²) in [5.41, 5.74) is 16.4. The van der Waals surface area contributed by atoms with E-state index in [1.807, 2.05) is 0 Å². The number of fused-ring (bicyclic) bond motifs is 8. The third kappa shape index (κ3) is 2.52. The van der Waals surface area contributed by atoms with Crippen LogP contribution < -0.4 is 9.58 Å². The van der Waals surface area contributed by atoms with Crippen LogP contribution >= 0.6 is 0 Å². The number of hydrogen-bond donors (Lipinski definition) is 0. The molecule has 2 aromatic heterocycles. The average Bonchev–Trinajstić information content (AvgIpc) is 3.85. The highest BCUT2D eigenvalue weighted by molar-refractivity contribution is 6.13. The lowest BCUT2D eigenvalue weighted by Crippen LogP contribution is -2.68. The second kappa shape index (κ2) is 7.74. The predicted molar refractivity (Wildman–Crippen MR) is 180 cm³/mol. The Balaban J connectivity index is 1.25. The van der Waals surface area contributed by atoms with Gasteiger partial charge in [0.1, 0.15) is 5.69 Å². The minimum absolute atomic E-state index is 0.0824. The molecule has 7 aromatic rings. The molecule has 2 unspecified atom stereocenters. The topological polar surface area (TPSA) is 20.2 Å². The molecule has 0 bridgehead atoms. The zero-order chi connectivity index (χ0) is 29.8. The molecule has 0 amide bonds. The first-order chi connectivity index (χ1) is 22.1. The van der Waals surface area contributed by atoms with E-state index in [0.29, 0.717) is 0 Å². The Morgan fingerprint density at radius 1 is 0.667 bits per heavy atom. The molecule has 5 aromatic carbocycles. The number of rotatable bonds is 2. The highest BCUT2D eigenvalue weighted by Gasteiger charge is 2.71. The lowest BCUT2D eigenvalue weighted by Gasteiger charge is -2.35. The van der Waals surface area contributed by atoms with E-state index in [0.717, 1.165) is 0 Å². The van der Waals surface area contributed by atoms with Crippen molar-refractivity contribution in [2.45, 2.75) is 25.6 Å². The zero-order valence-electron chi connectivity index (χ0n) is 25.4. The van der Waals surface area contributed by atoms with Gasteiger partial charge in [-0.1, -0.05) is 83.5 Å². The number of nitrogens with zero attached hydrogens (tertiary/aromatic N) is 5. The minimum atomic E-state index is -0.427. The van der Waals surface area contributed by atoms with Gasteiger partial charge in [-0.15, -0.1) is 4.68 Å². The fraction of sp³-hybridized carbons (Fsp3) is 0.125. The van der Waals surface area contributed by atoms with Gasteiger partial charge in [0.2, 0.25) is 5.69 Å². The van der Waals surface area contributed by atoms with Gasteiger partial charge in [-0.05, 0) is 53.4 Å². The van der Waals surface area contributed by atoms with E-state index < -0.39 is 5.54 Å². The molecule has 0 fully saturated rings. The number of para-hydroxylation sites is 1. The van der Waals surface area contributed by atoms with Gasteiger partial charge in [0.15, 0.2) is 6.17 Å². The summed E-state index contributed by atoms with van der Waals surface area (Å²) in [6, 6.07) is 38.1. The summed E-state index contributed by atoms with van der Waals surface area (Å²) in [6.07, 6.45) is 6.99. The van der Waals surface area contributed by atoms with Gasteiger partial charge in [0, 0.05) is 37.1 Å². The fourth-order valence-corrected chi connectivity index (χ4v) is 9.33. The zero-order valence-corrected chi connectivity index (χ0v) is 25.4.